The lowest BCUT2D eigenvalue weighted by Crippen LogP contribution is -2.50. The molecule has 3 atom stereocenters. The fourth-order valence-corrected chi connectivity index (χ4v) is 3.54. The van der Waals surface area contributed by atoms with E-state index in [1.54, 1.807) is 36.4 Å². The van der Waals surface area contributed by atoms with Crippen molar-refractivity contribution in [1.29, 1.82) is 0 Å². The van der Waals surface area contributed by atoms with E-state index in [9.17, 15) is 9.90 Å². The maximum atomic E-state index is 12.7. The summed E-state index contributed by atoms with van der Waals surface area (Å²) < 4.78 is 11.6. The molecule has 2 heterocycles. The van der Waals surface area contributed by atoms with E-state index in [0.717, 1.165) is 0 Å². The minimum Gasteiger partial charge on any atom is -0.444 e. The van der Waals surface area contributed by atoms with Crippen LogP contribution in [0.3, 0.4) is 0 Å². The molecule has 1 fully saturated rings. The molecule has 0 spiro atoms. The van der Waals surface area contributed by atoms with Crippen molar-refractivity contribution in [3.8, 4) is 0 Å². The minimum atomic E-state index is -0.915. The quantitative estimate of drug-likeness (QED) is 0.838. The first-order valence-corrected chi connectivity index (χ1v) is 8.83. The topological polar surface area (TPSA) is 71.9 Å². The summed E-state index contributed by atoms with van der Waals surface area (Å²) >= 11 is 1.36. The van der Waals surface area contributed by atoms with Gasteiger partial charge in [-0.25, -0.2) is 9.78 Å². The van der Waals surface area contributed by atoms with Crippen LogP contribution in [-0.2, 0) is 9.47 Å². The first-order chi connectivity index (χ1) is 11.1. The van der Waals surface area contributed by atoms with Crippen molar-refractivity contribution in [1.82, 2.24) is 9.88 Å². The second-order valence-corrected chi connectivity index (χ2v) is 8.21. The van der Waals surface area contributed by atoms with Crippen molar-refractivity contribution in [3.05, 3.63) is 29.2 Å². The van der Waals surface area contributed by atoms with E-state index in [4.69, 9.17) is 9.47 Å². The summed E-state index contributed by atoms with van der Waals surface area (Å²) in [6, 6.07) is -0.383. The average Bonchev–Trinajstić information content (AvgIpc) is 3.02. The number of aliphatic hydroxyl groups is 1. The highest BCUT2D eigenvalue weighted by Crippen LogP contribution is 2.40. The van der Waals surface area contributed by atoms with Crippen molar-refractivity contribution >= 4 is 17.4 Å². The number of ether oxygens (including phenoxy) is 2. The van der Waals surface area contributed by atoms with Crippen LogP contribution in [0.25, 0.3) is 0 Å². The molecule has 1 aromatic heterocycles. The molecule has 0 radical (unpaired) electrons. The molecular formula is C17H26N2O4S. The number of aliphatic hydroxyl groups excluding tert-OH is 1. The summed E-state index contributed by atoms with van der Waals surface area (Å²) in [7, 11) is 0. The zero-order valence-electron chi connectivity index (χ0n) is 14.9. The van der Waals surface area contributed by atoms with Gasteiger partial charge < -0.3 is 14.6 Å². The van der Waals surface area contributed by atoms with Crippen LogP contribution in [0.2, 0.25) is 0 Å². The molecule has 1 aromatic rings. The van der Waals surface area contributed by atoms with E-state index in [1.165, 1.54) is 11.3 Å². The van der Waals surface area contributed by atoms with E-state index >= 15 is 0 Å². The van der Waals surface area contributed by atoms with Gasteiger partial charge in [-0.15, -0.1) is 17.9 Å². The van der Waals surface area contributed by atoms with Crippen molar-refractivity contribution in [2.75, 3.05) is 0 Å². The van der Waals surface area contributed by atoms with Crippen LogP contribution >= 0.6 is 11.3 Å². The van der Waals surface area contributed by atoms with Gasteiger partial charge in [0.25, 0.3) is 0 Å². The van der Waals surface area contributed by atoms with Crippen molar-refractivity contribution in [2.24, 2.45) is 0 Å². The van der Waals surface area contributed by atoms with E-state index in [0.29, 0.717) is 11.4 Å². The third kappa shape index (κ3) is 3.96. The number of aromatic nitrogens is 1. The lowest BCUT2D eigenvalue weighted by molar-refractivity contribution is -0.104. The predicted molar refractivity (Wildman–Crippen MR) is 92.7 cm³/mol. The van der Waals surface area contributed by atoms with Gasteiger partial charge in [-0.3, -0.25) is 4.90 Å². The highest BCUT2D eigenvalue weighted by atomic mass is 32.1. The fraction of sp³-hybridized carbons (Fsp3) is 0.647. The number of carbonyl (C=O) groups is 1. The Morgan fingerprint density at radius 2 is 2.29 bits per heavy atom. The highest BCUT2D eigenvalue weighted by molar-refractivity contribution is 7.09. The van der Waals surface area contributed by atoms with Crippen LogP contribution in [-0.4, -0.2) is 44.6 Å². The number of hydrogen-bond donors (Lipinski definition) is 1. The Labute approximate surface area is 147 Å². The predicted octanol–water partition coefficient (Wildman–Crippen LogP) is 3.49. The van der Waals surface area contributed by atoms with Crippen LogP contribution < -0.4 is 0 Å². The molecule has 24 heavy (non-hydrogen) atoms. The van der Waals surface area contributed by atoms with Crippen LogP contribution in [0.15, 0.2) is 24.2 Å². The Bertz CT molecular complexity index is 580. The van der Waals surface area contributed by atoms with Gasteiger partial charge in [0.15, 0.2) is 0 Å². The summed E-state index contributed by atoms with van der Waals surface area (Å²) in [5.74, 6) is 0. The Morgan fingerprint density at radius 1 is 1.62 bits per heavy atom. The number of hydrogen-bond acceptors (Lipinski definition) is 6. The summed E-state index contributed by atoms with van der Waals surface area (Å²) in [4.78, 5) is 18.4. The zero-order chi connectivity index (χ0) is 18.1. The third-order valence-corrected chi connectivity index (χ3v) is 4.58. The van der Waals surface area contributed by atoms with Gasteiger partial charge in [-0.05, 0) is 41.0 Å². The van der Waals surface area contributed by atoms with Crippen molar-refractivity contribution in [3.63, 3.8) is 0 Å². The van der Waals surface area contributed by atoms with Crippen LogP contribution in [0.4, 0.5) is 4.79 Å². The highest BCUT2D eigenvalue weighted by Gasteiger charge is 2.53. The third-order valence-electron chi connectivity index (χ3n) is 3.73. The summed E-state index contributed by atoms with van der Waals surface area (Å²) in [6.07, 6.45) is 1.85. The maximum absolute atomic E-state index is 12.7. The largest absolute Gasteiger partial charge is 0.444 e. The molecule has 0 saturated carbocycles. The lowest BCUT2D eigenvalue weighted by Gasteiger charge is -2.35. The average molecular weight is 354 g/mol. The van der Waals surface area contributed by atoms with Crippen molar-refractivity contribution < 1.29 is 19.4 Å². The van der Waals surface area contributed by atoms with E-state index in [2.05, 4.69) is 11.6 Å². The van der Waals surface area contributed by atoms with Crippen molar-refractivity contribution in [2.45, 2.75) is 70.6 Å². The maximum Gasteiger partial charge on any atom is 0.412 e. The number of rotatable bonds is 4. The van der Waals surface area contributed by atoms with Gasteiger partial charge in [0, 0.05) is 11.6 Å². The normalized spacial score (nSPS) is 24.7. The smallest absolute Gasteiger partial charge is 0.412 e. The molecule has 1 amide bonds. The Hall–Kier alpha value is -1.44. The minimum absolute atomic E-state index is 0.383. The zero-order valence-corrected chi connectivity index (χ0v) is 15.7. The first kappa shape index (κ1) is 18.9. The van der Waals surface area contributed by atoms with Gasteiger partial charge in [0.1, 0.15) is 28.5 Å². The molecule has 1 aliphatic rings. The summed E-state index contributed by atoms with van der Waals surface area (Å²) in [5.41, 5.74) is -1.52. The number of thiazole rings is 1. The molecule has 0 bridgehead atoms. The molecule has 134 valence electrons. The second-order valence-electron chi connectivity index (χ2n) is 7.29. The monoisotopic (exact) mass is 354 g/mol. The molecule has 2 rings (SSSR count). The lowest BCUT2D eigenvalue weighted by atomic mass is 10.0. The SMILES string of the molecule is C=CC[C@H]1[C@@H]([C@H](O)c2nccs2)OC(C)(C)N1C(=O)OC(C)(C)C. The van der Waals surface area contributed by atoms with E-state index in [-0.39, 0.29) is 6.04 Å². The summed E-state index contributed by atoms with van der Waals surface area (Å²) in [5, 5.41) is 13.0. The molecule has 6 nitrogen and oxygen atoms in total. The first-order valence-electron chi connectivity index (χ1n) is 7.95. The van der Waals surface area contributed by atoms with Gasteiger partial charge >= 0.3 is 6.09 Å². The second kappa shape index (κ2) is 6.82. The molecule has 7 heteroatoms. The molecule has 0 unspecified atom stereocenters. The van der Waals surface area contributed by atoms with Crippen LogP contribution in [0.5, 0.6) is 0 Å². The Morgan fingerprint density at radius 3 is 2.79 bits per heavy atom. The number of amides is 1. The van der Waals surface area contributed by atoms with Crippen LogP contribution in [0, 0.1) is 0 Å². The molecule has 1 aliphatic heterocycles. The summed E-state index contributed by atoms with van der Waals surface area (Å²) in [6.45, 7) is 12.8. The molecule has 1 N–H and O–H groups in total. The van der Waals surface area contributed by atoms with E-state index in [1.807, 2.05) is 20.8 Å². The van der Waals surface area contributed by atoms with E-state index < -0.39 is 29.6 Å². The number of carbonyl (C=O) groups excluding carboxylic acids is 1. The Balaban J connectivity index is 2.31. The number of nitrogens with zero attached hydrogens (tertiary/aromatic N) is 2. The van der Waals surface area contributed by atoms with Crippen LogP contribution in [0.1, 0.15) is 52.2 Å². The van der Waals surface area contributed by atoms with Gasteiger partial charge in [-0.2, -0.15) is 0 Å². The fourth-order valence-electron chi connectivity index (χ4n) is 2.89. The molecule has 0 aromatic carbocycles. The Kier molecular flexibility index (Phi) is 5.37. The molecule has 1 saturated heterocycles. The van der Waals surface area contributed by atoms with Gasteiger partial charge in [0.2, 0.25) is 0 Å². The standard InChI is InChI=1S/C17H26N2O4S/c1-7-8-11-13(12(20)14-18-9-10-24-14)22-17(5,6)19(11)15(21)23-16(2,3)4/h7,9-13,20H,1,8H2,2-6H3/t11-,12-,13-/m0/s1. The molecular weight excluding hydrogens is 328 g/mol. The van der Waals surface area contributed by atoms with Gasteiger partial charge in [-0.1, -0.05) is 6.08 Å². The molecule has 0 aliphatic carbocycles. The van der Waals surface area contributed by atoms with Gasteiger partial charge in [0.05, 0.1) is 6.04 Å².